The fourth-order valence-corrected chi connectivity index (χ4v) is 6.05. The maximum atomic E-state index is 13.5. The molecule has 1 aliphatic rings. The average molecular weight is 406 g/mol. The normalized spacial score (nSPS) is 23.4. The van der Waals surface area contributed by atoms with Gasteiger partial charge in [0.05, 0.1) is 6.61 Å². The minimum Gasteiger partial charge on any atom is -0.354 e. The average Bonchev–Trinajstić information content (AvgIpc) is 2.80. The lowest BCUT2D eigenvalue weighted by Crippen LogP contribution is -2.23. The van der Waals surface area contributed by atoms with Crippen LogP contribution in [-0.2, 0) is 15.6 Å². The molecule has 0 unspecified atom stereocenters. The number of nitrogens with zero attached hydrogens (tertiary/aromatic N) is 1. The standard InChI is InChI=1S/C19H21BrNO2P/c1-3-23-24(22)14-15(2)21(13-16-7-5-4-6-8-16)19(24)17-9-11-18(20)12-10-17/h4-12,14,19H,3,13H2,1-2H3/t19-,24+/m1/s1. The minimum atomic E-state index is -2.92. The third-order valence-electron chi connectivity index (χ3n) is 4.15. The number of hydrogen-bond donors (Lipinski definition) is 0. The molecule has 0 aromatic heterocycles. The molecule has 2 aromatic rings. The molecule has 0 saturated heterocycles. The van der Waals surface area contributed by atoms with Gasteiger partial charge in [0, 0.05) is 22.5 Å². The summed E-state index contributed by atoms with van der Waals surface area (Å²) in [7, 11) is -2.92. The Bertz CT molecular complexity index is 774. The topological polar surface area (TPSA) is 29.5 Å². The first-order valence-electron chi connectivity index (χ1n) is 8.03. The second-order valence-electron chi connectivity index (χ2n) is 5.87. The zero-order chi connectivity index (χ0) is 17.2. The van der Waals surface area contributed by atoms with Gasteiger partial charge in [0.15, 0.2) is 0 Å². The number of rotatable bonds is 5. The smallest absolute Gasteiger partial charge is 0.253 e. The van der Waals surface area contributed by atoms with Gasteiger partial charge in [0.25, 0.3) is 7.37 Å². The van der Waals surface area contributed by atoms with Crippen molar-refractivity contribution in [1.29, 1.82) is 0 Å². The fraction of sp³-hybridized carbons (Fsp3) is 0.263. The molecule has 1 aliphatic heterocycles. The summed E-state index contributed by atoms with van der Waals surface area (Å²) in [5, 5.41) is 0. The summed E-state index contributed by atoms with van der Waals surface area (Å²) in [5.41, 5.74) is 3.21. The van der Waals surface area contributed by atoms with E-state index in [1.54, 1.807) is 0 Å². The predicted octanol–water partition coefficient (Wildman–Crippen LogP) is 6.14. The van der Waals surface area contributed by atoms with Gasteiger partial charge in [-0.25, -0.2) is 0 Å². The van der Waals surface area contributed by atoms with E-state index in [0.29, 0.717) is 13.2 Å². The van der Waals surface area contributed by atoms with Crippen molar-refractivity contribution in [2.45, 2.75) is 26.2 Å². The van der Waals surface area contributed by atoms with Gasteiger partial charge in [0.1, 0.15) is 5.78 Å². The van der Waals surface area contributed by atoms with E-state index >= 15 is 0 Å². The van der Waals surface area contributed by atoms with Crippen molar-refractivity contribution in [3.63, 3.8) is 0 Å². The summed E-state index contributed by atoms with van der Waals surface area (Å²) in [4.78, 5) is 2.19. The van der Waals surface area contributed by atoms with Crippen LogP contribution < -0.4 is 0 Å². The zero-order valence-electron chi connectivity index (χ0n) is 13.9. The molecule has 0 radical (unpaired) electrons. The molecule has 0 fully saturated rings. The van der Waals surface area contributed by atoms with Crippen LogP contribution in [0.25, 0.3) is 0 Å². The second-order valence-corrected chi connectivity index (χ2v) is 9.08. The van der Waals surface area contributed by atoms with Crippen LogP contribution in [0.2, 0.25) is 0 Å². The van der Waals surface area contributed by atoms with Crippen molar-refractivity contribution >= 4 is 23.3 Å². The lowest BCUT2D eigenvalue weighted by molar-refractivity contribution is 0.276. The van der Waals surface area contributed by atoms with Crippen LogP contribution in [0.5, 0.6) is 0 Å². The minimum absolute atomic E-state index is 0.272. The quantitative estimate of drug-likeness (QED) is 0.559. The molecule has 5 heteroatoms. The Morgan fingerprint density at radius 1 is 1.12 bits per heavy atom. The fourth-order valence-electron chi connectivity index (χ4n) is 3.12. The van der Waals surface area contributed by atoms with E-state index in [1.165, 1.54) is 5.56 Å². The molecule has 3 rings (SSSR count). The summed E-state index contributed by atoms with van der Waals surface area (Å²) in [5.74, 6) is 1.55. The van der Waals surface area contributed by atoms with Crippen molar-refractivity contribution < 1.29 is 9.09 Å². The first-order chi connectivity index (χ1) is 11.5. The van der Waals surface area contributed by atoms with Crippen LogP contribution in [0.3, 0.4) is 0 Å². The van der Waals surface area contributed by atoms with Crippen LogP contribution in [0.15, 0.2) is 70.6 Å². The van der Waals surface area contributed by atoms with Gasteiger partial charge in [-0.05, 0) is 37.1 Å². The molecule has 3 nitrogen and oxygen atoms in total. The van der Waals surface area contributed by atoms with Crippen molar-refractivity contribution in [2.75, 3.05) is 6.61 Å². The summed E-state index contributed by atoms with van der Waals surface area (Å²) in [6, 6.07) is 18.3. The second kappa shape index (κ2) is 7.26. The van der Waals surface area contributed by atoms with Gasteiger partial charge >= 0.3 is 0 Å². The van der Waals surface area contributed by atoms with Crippen LogP contribution >= 0.6 is 23.3 Å². The van der Waals surface area contributed by atoms with Gasteiger partial charge in [-0.2, -0.15) is 0 Å². The summed E-state index contributed by atoms with van der Waals surface area (Å²) >= 11 is 3.47. The molecule has 0 aliphatic carbocycles. The van der Waals surface area contributed by atoms with E-state index in [1.807, 2.05) is 62.1 Å². The molecule has 126 valence electrons. The molecule has 0 amide bonds. The number of allylic oxidation sites excluding steroid dienone is 1. The Hall–Kier alpha value is -1.35. The van der Waals surface area contributed by atoms with Gasteiger partial charge in [-0.3, -0.25) is 4.57 Å². The van der Waals surface area contributed by atoms with E-state index in [-0.39, 0.29) is 5.78 Å². The van der Waals surface area contributed by atoms with Crippen molar-refractivity contribution in [3.8, 4) is 0 Å². The van der Waals surface area contributed by atoms with Crippen LogP contribution in [0, 0.1) is 0 Å². The van der Waals surface area contributed by atoms with Crippen molar-refractivity contribution in [3.05, 3.63) is 81.7 Å². The highest BCUT2D eigenvalue weighted by Crippen LogP contribution is 2.68. The third-order valence-corrected chi connectivity index (χ3v) is 7.33. The molecule has 0 saturated carbocycles. The van der Waals surface area contributed by atoms with Crippen molar-refractivity contribution in [1.82, 2.24) is 4.90 Å². The van der Waals surface area contributed by atoms with Gasteiger partial charge in [-0.15, -0.1) is 0 Å². The molecule has 0 spiro atoms. The molecule has 0 bridgehead atoms. The Labute approximate surface area is 151 Å². The van der Waals surface area contributed by atoms with E-state index in [4.69, 9.17) is 4.52 Å². The summed E-state index contributed by atoms with van der Waals surface area (Å²) < 4.78 is 20.2. The van der Waals surface area contributed by atoms with Crippen LogP contribution in [0.1, 0.15) is 30.8 Å². The Balaban J connectivity index is 2.00. The van der Waals surface area contributed by atoms with E-state index in [0.717, 1.165) is 15.7 Å². The molecule has 1 heterocycles. The summed E-state index contributed by atoms with van der Waals surface area (Å²) in [6.45, 7) is 5.04. The van der Waals surface area contributed by atoms with Gasteiger partial charge in [-0.1, -0.05) is 58.4 Å². The number of halogens is 1. The lowest BCUT2D eigenvalue weighted by Gasteiger charge is -2.31. The number of hydrogen-bond acceptors (Lipinski definition) is 3. The first kappa shape index (κ1) is 17.5. The number of benzene rings is 2. The van der Waals surface area contributed by atoms with E-state index in [2.05, 4.69) is 33.0 Å². The Morgan fingerprint density at radius 3 is 2.42 bits per heavy atom. The largest absolute Gasteiger partial charge is 0.354 e. The predicted molar refractivity (Wildman–Crippen MR) is 102 cm³/mol. The van der Waals surface area contributed by atoms with E-state index in [9.17, 15) is 4.57 Å². The van der Waals surface area contributed by atoms with Crippen LogP contribution in [-0.4, -0.2) is 11.5 Å². The summed E-state index contributed by atoms with van der Waals surface area (Å²) in [6.07, 6.45) is 0. The third kappa shape index (κ3) is 3.51. The molecule has 0 N–H and O–H groups in total. The van der Waals surface area contributed by atoms with E-state index < -0.39 is 7.37 Å². The zero-order valence-corrected chi connectivity index (χ0v) is 16.3. The van der Waals surface area contributed by atoms with Gasteiger partial charge in [0.2, 0.25) is 0 Å². The maximum Gasteiger partial charge on any atom is 0.253 e. The molecule has 2 atom stereocenters. The maximum absolute atomic E-state index is 13.5. The Kier molecular flexibility index (Phi) is 5.29. The molecular weight excluding hydrogens is 385 g/mol. The first-order valence-corrected chi connectivity index (χ1v) is 10.6. The van der Waals surface area contributed by atoms with Gasteiger partial charge < -0.3 is 9.42 Å². The highest BCUT2D eigenvalue weighted by atomic mass is 79.9. The SMILES string of the molecule is CCO[P@@]1(=O)C=C(C)N(Cc2ccccc2)[C@H]1c1ccc(Br)cc1. The molecule has 2 aromatic carbocycles. The van der Waals surface area contributed by atoms with Crippen molar-refractivity contribution in [2.24, 2.45) is 0 Å². The Morgan fingerprint density at radius 2 is 1.79 bits per heavy atom. The lowest BCUT2D eigenvalue weighted by atomic mass is 10.1. The van der Waals surface area contributed by atoms with Crippen LogP contribution in [0.4, 0.5) is 0 Å². The molecule has 24 heavy (non-hydrogen) atoms. The monoisotopic (exact) mass is 405 g/mol. The highest BCUT2D eigenvalue weighted by molar-refractivity contribution is 9.10. The highest BCUT2D eigenvalue weighted by Gasteiger charge is 2.43. The molecular formula is C19H21BrNO2P.